The lowest BCUT2D eigenvalue weighted by molar-refractivity contribution is 0.387. The van der Waals surface area contributed by atoms with Gasteiger partial charge in [0, 0.05) is 35.4 Å². The van der Waals surface area contributed by atoms with Crippen LogP contribution in [0.2, 0.25) is 0 Å². The molecule has 1 N–H and O–H groups in total. The molecule has 96 valence electrons. The Morgan fingerprint density at radius 2 is 2.11 bits per heavy atom. The minimum absolute atomic E-state index is 0.613. The van der Waals surface area contributed by atoms with E-state index in [1.807, 2.05) is 6.07 Å². The number of aromatic nitrogens is 2. The van der Waals surface area contributed by atoms with Crippen LogP contribution in [-0.4, -0.2) is 16.7 Å². The Bertz CT molecular complexity index is 528. The molecule has 0 atom stereocenters. The molecule has 0 aliphatic heterocycles. The number of hydrogen-bond acceptors (Lipinski definition) is 4. The van der Waals surface area contributed by atoms with E-state index in [9.17, 15) is 0 Å². The highest BCUT2D eigenvalue weighted by Crippen LogP contribution is 2.23. The summed E-state index contributed by atoms with van der Waals surface area (Å²) in [5.74, 6) is 1.36. The predicted molar refractivity (Wildman–Crippen MR) is 76.3 cm³/mol. The van der Waals surface area contributed by atoms with E-state index in [-0.39, 0.29) is 0 Å². The van der Waals surface area contributed by atoms with Gasteiger partial charge >= 0.3 is 0 Å². The predicted octanol–water partition coefficient (Wildman–Crippen LogP) is 3.24. The molecule has 18 heavy (non-hydrogen) atoms. The molecule has 6 heteroatoms. The summed E-state index contributed by atoms with van der Waals surface area (Å²) in [6.07, 6.45) is 0.773. The molecule has 0 aliphatic carbocycles. The molecule has 4 nitrogen and oxygen atoms in total. The number of halogens is 2. The summed E-state index contributed by atoms with van der Waals surface area (Å²) in [7, 11) is 0. The van der Waals surface area contributed by atoms with Gasteiger partial charge in [-0.3, -0.25) is 0 Å². The molecule has 1 aromatic heterocycles. The lowest BCUT2D eigenvalue weighted by atomic mass is 10.2. The highest BCUT2D eigenvalue weighted by Gasteiger charge is 2.02. The summed E-state index contributed by atoms with van der Waals surface area (Å²) in [6, 6.07) is 6.21. The molecule has 0 bridgehead atoms. The first-order valence-corrected chi connectivity index (χ1v) is 7.17. The molecule has 2 rings (SSSR count). The molecule has 1 heterocycles. The zero-order valence-electron chi connectivity index (χ0n) is 9.91. The normalized spacial score (nSPS) is 10.8. The summed E-state index contributed by atoms with van der Waals surface area (Å²) in [5.41, 5.74) is 1.23. The molecule has 1 aromatic carbocycles. The van der Waals surface area contributed by atoms with Crippen LogP contribution in [-0.2, 0) is 13.0 Å². The number of nitrogens with zero attached hydrogens (tertiary/aromatic N) is 2. The van der Waals surface area contributed by atoms with Gasteiger partial charge in [0.25, 0.3) is 0 Å². The van der Waals surface area contributed by atoms with Crippen molar-refractivity contribution >= 4 is 31.9 Å². The minimum Gasteiger partial charge on any atom is -0.340 e. The van der Waals surface area contributed by atoms with Gasteiger partial charge in [0.1, 0.15) is 0 Å². The molecule has 0 spiro atoms. The molecule has 0 amide bonds. The molecule has 0 fully saturated rings. The van der Waals surface area contributed by atoms with Crippen LogP contribution in [0.15, 0.2) is 31.7 Å². The first-order valence-electron chi connectivity index (χ1n) is 5.59. The van der Waals surface area contributed by atoms with Crippen molar-refractivity contribution < 1.29 is 4.52 Å². The zero-order valence-corrected chi connectivity index (χ0v) is 13.1. The Kier molecular flexibility index (Phi) is 4.91. The lowest BCUT2D eigenvalue weighted by Gasteiger charge is -2.05. The number of rotatable bonds is 5. The Labute approximate surface area is 122 Å². The van der Waals surface area contributed by atoms with E-state index in [1.54, 1.807) is 6.92 Å². The fourth-order valence-corrected chi connectivity index (χ4v) is 2.20. The number of aryl methyl sites for hydroxylation is 1. The molecule has 0 unspecified atom stereocenters. The van der Waals surface area contributed by atoms with Crippen molar-refractivity contribution in [2.45, 2.75) is 19.9 Å². The van der Waals surface area contributed by atoms with Crippen LogP contribution >= 0.6 is 31.9 Å². The highest BCUT2D eigenvalue weighted by atomic mass is 79.9. The molecule has 2 aromatic rings. The van der Waals surface area contributed by atoms with E-state index in [4.69, 9.17) is 4.52 Å². The second kappa shape index (κ2) is 6.45. The molecule has 0 saturated heterocycles. The van der Waals surface area contributed by atoms with Crippen LogP contribution in [0.5, 0.6) is 0 Å². The van der Waals surface area contributed by atoms with Crippen molar-refractivity contribution in [3.05, 3.63) is 44.4 Å². The molecule has 0 radical (unpaired) electrons. The second-order valence-corrected chi connectivity index (χ2v) is 5.61. The summed E-state index contributed by atoms with van der Waals surface area (Å²) >= 11 is 6.94. The summed E-state index contributed by atoms with van der Waals surface area (Å²) in [5, 5.41) is 7.19. The SMILES string of the molecule is Cc1nc(CCNCc2ccc(Br)c(Br)c2)no1. The Hall–Kier alpha value is -0.720. The number of benzene rings is 1. The molecule has 0 saturated carbocycles. The maximum absolute atomic E-state index is 4.91. The Balaban J connectivity index is 1.76. The maximum Gasteiger partial charge on any atom is 0.223 e. The number of hydrogen-bond donors (Lipinski definition) is 1. The van der Waals surface area contributed by atoms with Gasteiger partial charge in [0.15, 0.2) is 5.82 Å². The second-order valence-electron chi connectivity index (χ2n) is 3.90. The zero-order chi connectivity index (χ0) is 13.0. The van der Waals surface area contributed by atoms with Crippen LogP contribution in [0.4, 0.5) is 0 Å². The van der Waals surface area contributed by atoms with Crippen LogP contribution in [0.1, 0.15) is 17.3 Å². The summed E-state index contributed by atoms with van der Waals surface area (Å²) in [6.45, 7) is 3.44. The van der Waals surface area contributed by atoms with Crippen LogP contribution in [0.25, 0.3) is 0 Å². The highest BCUT2D eigenvalue weighted by molar-refractivity contribution is 9.13. The average Bonchev–Trinajstić information content (AvgIpc) is 2.75. The molecular formula is C12H13Br2N3O. The molecule has 0 aliphatic rings. The van der Waals surface area contributed by atoms with E-state index >= 15 is 0 Å². The van der Waals surface area contributed by atoms with E-state index in [1.165, 1.54) is 5.56 Å². The van der Waals surface area contributed by atoms with Crippen LogP contribution in [0.3, 0.4) is 0 Å². The quantitative estimate of drug-likeness (QED) is 0.816. The summed E-state index contributed by atoms with van der Waals surface area (Å²) < 4.78 is 7.04. The van der Waals surface area contributed by atoms with Crippen molar-refractivity contribution in [3.63, 3.8) is 0 Å². The van der Waals surface area contributed by atoms with Crippen molar-refractivity contribution in [1.82, 2.24) is 15.5 Å². The van der Waals surface area contributed by atoms with Gasteiger partial charge in [-0.15, -0.1) is 0 Å². The minimum atomic E-state index is 0.613. The Morgan fingerprint density at radius 3 is 2.78 bits per heavy atom. The first kappa shape index (κ1) is 13.7. The third kappa shape index (κ3) is 3.90. The van der Waals surface area contributed by atoms with Gasteiger partial charge in [-0.05, 0) is 49.6 Å². The van der Waals surface area contributed by atoms with Crippen molar-refractivity contribution in [1.29, 1.82) is 0 Å². The van der Waals surface area contributed by atoms with Crippen molar-refractivity contribution in [2.75, 3.05) is 6.54 Å². The molecular weight excluding hydrogens is 362 g/mol. The van der Waals surface area contributed by atoms with Crippen LogP contribution in [0, 0.1) is 6.92 Å². The lowest BCUT2D eigenvalue weighted by Crippen LogP contribution is -2.17. The van der Waals surface area contributed by atoms with E-state index in [0.29, 0.717) is 5.89 Å². The third-order valence-corrected chi connectivity index (χ3v) is 4.29. The van der Waals surface area contributed by atoms with E-state index in [0.717, 1.165) is 34.3 Å². The topological polar surface area (TPSA) is 51.0 Å². The Morgan fingerprint density at radius 1 is 1.28 bits per heavy atom. The van der Waals surface area contributed by atoms with Gasteiger partial charge in [-0.1, -0.05) is 11.2 Å². The van der Waals surface area contributed by atoms with Crippen molar-refractivity contribution in [3.8, 4) is 0 Å². The maximum atomic E-state index is 4.91. The summed E-state index contributed by atoms with van der Waals surface area (Å²) in [4.78, 5) is 4.15. The van der Waals surface area contributed by atoms with Gasteiger partial charge in [-0.2, -0.15) is 4.98 Å². The van der Waals surface area contributed by atoms with Gasteiger partial charge in [-0.25, -0.2) is 0 Å². The third-order valence-electron chi connectivity index (χ3n) is 2.41. The van der Waals surface area contributed by atoms with E-state index in [2.05, 4.69) is 59.5 Å². The fourth-order valence-electron chi connectivity index (χ4n) is 1.53. The first-order chi connectivity index (χ1) is 8.65. The number of nitrogens with one attached hydrogen (secondary N) is 1. The van der Waals surface area contributed by atoms with Gasteiger partial charge < -0.3 is 9.84 Å². The largest absolute Gasteiger partial charge is 0.340 e. The van der Waals surface area contributed by atoms with Crippen molar-refractivity contribution in [2.24, 2.45) is 0 Å². The van der Waals surface area contributed by atoms with Crippen LogP contribution < -0.4 is 5.32 Å². The average molecular weight is 375 g/mol. The van der Waals surface area contributed by atoms with Gasteiger partial charge in [0.05, 0.1) is 0 Å². The van der Waals surface area contributed by atoms with E-state index < -0.39 is 0 Å². The standard InChI is InChI=1S/C12H13Br2N3O/c1-8-16-12(17-18-8)4-5-15-7-9-2-3-10(13)11(14)6-9/h2-3,6,15H,4-5,7H2,1H3. The fraction of sp³-hybridized carbons (Fsp3) is 0.333. The van der Waals surface area contributed by atoms with Gasteiger partial charge in [0.2, 0.25) is 5.89 Å². The smallest absolute Gasteiger partial charge is 0.223 e. The monoisotopic (exact) mass is 373 g/mol.